The fourth-order valence-electron chi connectivity index (χ4n) is 7.37. The Morgan fingerprint density at radius 3 is 2.67 bits per heavy atom. The summed E-state index contributed by atoms with van der Waals surface area (Å²) >= 11 is 0. The van der Waals surface area contributed by atoms with Gasteiger partial charge in [0.05, 0.1) is 5.41 Å². The molecule has 7 rings (SSSR count). The maximum atomic E-state index is 10.6. The third-order valence-corrected chi connectivity index (χ3v) is 8.51. The minimum Gasteiger partial charge on any atom is -0.504 e. The van der Waals surface area contributed by atoms with Crippen LogP contribution in [0.1, 0.15) is 24.0 Å². The van der Waals surface area contributed by atoms with E-state index in [-0.39, 0.29) is 28.7 Å². The van der Waals surface area contributed by atoms with Crippen molar-refractivity contribution in [1.29, 1.82) is 0 Å². The highest BCUT2D eigenvalue weighted by Gasteiger charge is 2.78. The molecule has 5 N–H and O–H groups in total. The summed E-state index contributed by atoms with van der Waals surface area (Å²) in [5.41, 5.74) is 8.34. The molecule has 176 valence electrons. The van der Waals surface area contributed by atoms with E-state index in [9.17, 15) is 5.11 Å². The van der Waals surface area contributed by atoms with E-state index in [1.165, 1.54) is 11.1 Å². The lowest BCUT2D eigenvalue weighted by Gasteiger charge is -2.70. The van der Waals surface area contributed by atoms with Crippen LogP contribution in [0.4, 0.5) is 0 Å². The Labute approximate surface area is 191 Å². The van der Waals surface area contributed by atoms with Crippen LogP contribution in [0.5, 0.6) is 11.5 Å². The molecule has 9 nitrogen and oxygen atoms in total. The van der Waals surface area contributed by atoms with Crippen LogP contribution in [-0.2, 0) is 26.2 Å². The summed E-state index contributed by atoms with van der Waals surface area (Å²) in [5.74, 6) is -2.75. The average molecular weight is 456 g/mol. The molecule has 0 aromatic heterocycles. The van der Waals surface area contributed by atoms with Crippen molar-refractivity contribution in [1.82, 2.24) is 4.90 Å². The van der Waals surface area contributed by atoms with Gasteiger partial charge in [-0.1, -0.05) is 24.3 Å². The Bertz CT molecular complexity index is 1070. The third kappa shape index (κ3) is 2.47. The van der Waals surface area contributed by atoms with Gasteiger partial charge in [-0.25, -0.2) is 9.59 Å². The number of rotatable bonds is 3. The number of carbonyl (C=O) groups is 2. The molecule has 4 bridgehead atoms. The number of likely N-dealkylation sites (tertiary alicyclic amines) is 1. The fourth-order valence-corrected chi connectivity index (χ4v) is 7.37. The van der Waals surface area contributed by atoms with Gasteiger partial charge in [0.25, 0.3) is 0 Å². The van der Waals surface area contributed by atoms with Gasteiger partial charge in [0, 0.05) is 36.7 Å². The monoisotopic (exact) mass is 456 g/mol. The highest BCUT2D eigenvalue weighted by Crippen LogP contribution is 2.73. The molecule has 1 saturated carbocycles. The molecule has 4 aliphatic carbocycles. The number of nitrogens with two attached hydrogens (primary N) is 1. The summed E-state index contributed by atoms with van der Waals surface area (Å²) in [4.78, 5) is 20.8. The molecule has 6 aliphatic rings. The quantitative estimate of drug-likeness (QED) is 0.387. The number of ether oxygens (including phenoxy) is 2. The predicted molar refractivity (Wildman–Crippen MR) is 117 cm³/mol. The number of phenols is 1. The number of hydrogen-bond donors (Lipinski definition) is 4. The maximum absolute atomic E-state index is 10.6. The van der Waals surface area contributed by atoms with Crippen molar-refractivity contribution < 1.29 is 34.4 Å². The van der Waals surface area contributed by atoms with Gasteiger partial charge in [-0.05, 0) is 37.4 Å². The van der Waals surface area contributed by atoms with E-state index in [1.54, 1.807) is 13.2 Å². The van der Waals surface area contributed by atoms with Crippen molar-refractivity contribution in [2.75, 3.05) is 20.2 Å². The molecule has 2 spiro atoms. The van der Waals surface area contributed by atoms with Gasteiger partial charge in [0.15, 0.2) is 11.5 Å². The van der Waals surface area contributed by atoms with Crippen LogP contribution >= 0.6 is 0 Å². The molecule has 1 aromatic rings. The van der Waals surface area contributed by atoms with Crippen LogP contribution in [0.2, 0.25) is 0 Å². The lowest BCUT2D eigenvalue weighted by Crippen LogP contribution is -2.81. The van der Waals surface area contributed by atoms with Crippen molar-refractivity contribution in [2.24, 2.45) is 11.1 Å². The van der Waals surface area contributed by atoms with Crippen LogP contribution < -0.4 is 10.5 Å². The zero-order chi connectivity index (χ0) is 23.8. The first-order valence-corrected chi connectivity index (χ1v) is 11.0. The second-order valence-electron chi connectivity index (χ2n) is 9.52. The molecular formula is C24H28N2O7. The summed E-state index contributed by atoms with van der Waals surface area (Å²) in [7, 11) is 1.74. The molecule has 0 radical (unpaired) electrons. The number of methoxy groups -OCH3 is 1. The van der Waals surface area contributed by atoms with E-state index in [1.807, 2.05) is 6.08 Å². The van der Waals surface area contributed by atoms with E-state index in [4.69, 9.17) is 35.0 Å². The summed E-state index contributed by atoms with van der Waals surface area (Å²) in [5, 5.41) is 25.4. The number of aromatic hydroxyl groups is 1. The van der Waals surface area contributed by atoms with Gasteiger partial charge < -0.3 is 30.5 Å². The number of carboxylic acids is 2. The Morgan fingerprint density at radius 2 is 2.06 bits per heavy atom. The smallest absolute Gasteiger partial charge is 0.414 e. The lowest BCUT2D eigenvalue weighted by molar-refractivity contribution is -0.196. The number of nitrogens with zero attached hydrogens (tertiary/aromatic N) is 1. The van der Waals surface area contributed by atoms with Crippen molar-refractivity contribution in [3.63, 3.8) is 0 Å². The number of hydrogen-bond acceptors (Lipinski definition) is 7. The van der Waals surface area contributed by atoms with E-state index in [0.717, 1.165) is 32.4 Å². The van der Waals surface area contributed by atoms with Gasteiger partial charge in [0.2, 0.25) is 0 Å². The number of benzene rings is 1. The standard InChI is InChI=1S/C22H26N2O3.C2H2O4/c1-3-9-24-10-8-21-17-13-4-5-14(25)18(17)27-19(21)22(26-2)7-6-20(21,12-15(22)23)16(24)11-13;3-1(4)2(5)6/h3-7,15-16,19,25H,1,8-12,23H2,2H3;(H,3,4)(H,5,6)/t15-,16+,19+,20+,21-,22?;/m0./s1. The average Bonchev–Trinajstić information content (AvgIpc) is 3.15. The van der Waals surface area contributed by atoms with Crippen molar-refractivity contribution >= 4 is 11.9 Å². The molecule has 33 heavy (non-hydrogen) atoms. The first-order valence-electron chi connectivity index (χ1n) is 11.0. The Morgan fingerprint density at radius 1 is 1.33 bits per heavy atom. The minimum absolute atomic E-state index is 0.0926. The number of aliphatic carboxylic acids is 2. The Hall–Kier alpha value is -2.88. The van der Waals surface area contributed by atoms with Crippen molar-refractivity contribution in [3.8, 4) is 11.5 Å². The molecule has 9 heteroatoms. The first-order chi connectivity index (χ1) is 15.7. The summed E-state index contributed by atoms with van der Waals surface area (Å²) < 4.78 is 12.6. The SMILES string of the molecule is C=CCN1CC[C@]23c4c5ccc(O)c4O[C@H]2C2(OC)C=C[C@@]3(C[C@@H]2N)[C@H]1C5.O=C(O)C(=O)O. The van der Waals surface area contributed by atoms with Crippen molar-refractivity contribution in [3.05, 3.63) is 48.1 Å². The second-order valence-corrected chi connectivity index (χ2v) is 9.52. The van der Waals surface area contributed by atoms with Crippen molar-refractivity contribution in [2.45, 2.75) is 48.5 Å². The van der Waals surface area contributed by atoms with Crippen LogP contribution in [0.15, 0.2) is 36.9 Å². The zero-order valence-corrected chi connectivity index (χ0v) is 18.4. The van der Waals surface area contributed by atoms with Gasteiger partial charge in [-0.15, -0.1) is 6.58 Å². The first kappa shape index (κ1) is 21.9. The maximum Gasteiger partial charge on any atom is 0.414 e. The largest absolute Gasteiger partial charge is 0.504 e. The molecule has 2 heterocycles. The van der Waals surface area contributed by atoms with E-state index >= 15 is 0 Å². The number of fused-ring (bicyclic) bond motifs is 1. The van der Waals surface area contributed by atoms with E-state index < -0.39 is 17.5 Å². The topological polar surface area (TPSA) is 143 Å². The van der Waals surface area contributed by atoms with Gasteiger partial charge in [-0.2, -0.15) is 0 Å². The highest BCUT2D eigenvalue weighted by atomic mass is 16.6. The molecule has 1 unspecified atom stereocenters. The molecule has 2 fully saturated rings. The molecule has 2 aliphatic heterocycles. The van der Waals surface area contributed by atoms with E-state index in [2.05, 4.69) is 29.7 Å². The summed E-state index contributed by atoms with van der Waals surface area (Å²) in [6, 6.07) is 4.10. The molecule has 1 saturated heterocycles. The Balaban J connectivity index is 0.000000340. The summed E-state index contributed by atoms with van der Waals surface area (Å²) in [6.07, 6.45) is 9.18. The molecular weight excluding hydrogens is 428 g/mol. The van der Waals surface area contributed by atoms with E-state index in [0.29, 0.717) is 11.8 Å². The van der Waals surface area contributed by atoms with Crippen LogP contribution in [0.3, 0.4) is 0 Å². The van der Waals surface area contributed by atoms with Gasteiger partial charge in [-0.3, -0.25) is 4.90 Å². The number of phenolic OH excluding ortho intramolecular Hbond substituents is 1. The van der Waals surface area contributed by atoms with Crippen LogP contribution in [0.25, 0.3) is 0 Å². The van der Waals surface area contributed by atoms with Gasteiger partial charge >= 0.3 is 11.9 Å². The molecule has 1 aromatic carbocycles. The fraction of sp³-hybridized carbons (Fsp3) is 0.500. The third-order valence-electron chi connectivity index (χ3n) is 8.51. The molecule has 0 amide bonds. The minimum atomic E-state index is -1.82. The summed E-state index contributed by atoms with van der Waals surface area (Å²) in [6.45, 7) is 5.86. The zero-order valence-electron chi connectivity index (χ0n) is 18.4. The van der Waals surface area contributed by atoms with Crippen LogP contribution in [-0.4, -0.2) is 76.1 Å². The lowest BCUT2D eigenvalue weighted by atomic mass is 9.38. The number of carboxylic acid groups (broad SMARTS) is 2. The van der Waals surface area contributed by atoms with Crippen LogP contribution in [0, 0.1) is 5.41 Å². The predicted octanol–water partition coefficient (Wildman–Crippen LogP) is 1.04. The second kappa shape index (κ2) is 7.06. The molecule has 6 atom stereocenters. The Kier molecular flexibility index (Phi) is 4.69. The number of piperidine rings is 1. The normalized spacial score (nSPS) is 38.5. The highest BCUT2D eigenvalue weighted by molar-refractivity contribution is 6.27. The van der Waals surface area contributed by atoms with Gasteiger partial charge in [0.1, 0.15) is 11.7 Å².